The summed E-state index contributed by atoms with van der Waals surface area (Å²) >= 11 is 0. The van der Waals surface area contributed by atoms with E-state index in [9.17, 15) is 19.8 Å². The monoisotopic (exact) mass is 972 g/mol. The SMILES string of the molecule is CCCCCCCCCCCCCCCCCCCCCCC/C=C/C(O)C(CO)NC(=O)CCCCC/C=C\CCCCCCCCOC(=O)CCCCCCCCCCCCCCCCCC. The Balaban J connectivity index is 3.50. The van der Waals surface area contributed by atoms with Gasteiger partial charge in [0.05, 0.1) is 25.4 Å². The molecule has 0 aliphatic rings. The number of aliphatic hydroxyl groups excluding tert-OH is 2. The second-order valence-electron chi connectivity index (χ2n) is 21.4. The van der Waals surface area contributed by atoms with E-state index in [0.717, 1.165) is 70.6 Å². The number of aliphatic hydroxyl groups is 2. The maximum atomic E-state index is 12.5. The van der Waals surface area contributed by atoms with Crippen molar-refractivity contribution < 1.29 is 24.5 Å². The molecular formula is C63H121NO5. The van der Waals surface area contributed by atoms with Crippen molar-refractivity contribution in [1.29, 1.82) is 0 Å². The van der Waals surface area contributed by atoms with Crippen LogP contribution in [0.3, 0.4) is 0 Å². The summed E-state index contributed by atoms with van der Waals surface area (Å²) in [5.41, 5.74) is 0. The van der Waals surface area contributed by atoms with Crippen LogP contribution in [0, 0.1) is 0 Å². The molecule has 0 aromatic heterocycles. The summed E-state index contributed by atoms with van der Waals surface area (Å²) in [7, 11) is 0. The van der Waals surface area contributed by atoms with Crippen LogP contribution >= 0.6 is 0 Å². The van der Waals surface area contributed by atoms with E-state index >= 15 is 0 Å². The molecule has 69 heavy (non-hydrogen) atoms. The van der Waals surface area contributed by atoms with Crippen LogP contribution in [-0.4, -0.2) is 47.4 Å². The van der Waals surface area contributed by atoms with Gasteiger partial charge in [-0.25, -0.2) is 0 Å². The third-order valence-corrected chi connectivity index (χ3v) is 14.5. The van der Waals surface area contributed by atoms with Crippen LogP contribution in [0.25, 0.3) is 0 Å². The number of hydrogen-bond donors (Lipinski definition) is 3. The fourth-order valence-corrected chi connectivity index (χ4v) is 9.69. The predicted molar refractivity (Wildman–Crippen MR) is 301 cm³/mol. The first-order valence-electron chi connectivity index (χ1n) is 31.1. The van der Waals surface area contributed by atoms with Gasteiger partial charge >= 0.3 is 5.97 Å². The molecule has 408 valence electrons. The summed E-state index contributed by atoms with van der Waals surface area (Å²) < 4.78 is 5.47. The van der Waals surface area contributed by atoms with Gasteiger partial charge in [0.1, 0.15) is 0 Å². The maximum Gasteiger partial charge on any atom is 0.305 e. The van der Waals surface area contributed by atoms with Gasteiger partial charge in [-0.05, 0) is 57.8 Å². The number of nitrogens with one attached hydrogen (secondary N) is 1. The van der Waals surface area contributed by atoms with Crippen LogP contribution in [0.5, 0.6) is 0 Å². The van der Waals surface area contributed by atoms with E-state index in [1.807, 2.05) is 6.08 Å². The van der Waals surface area contributed by atoms with Gasteiger partial charge in [-0.2, -0.15) is 0 Å². The normalized spacial score (nSPS) is 12.7. The Hall–Kier alpha value is -1.66. The zero-order valence-electron chi connectivity index (χ0n) is 46.6. The van der Waals surface area contributed by atoms with Gasteiger partial charge in [-0.1, -0.05) is 295 Å². The van der Waals surface area contributed by atoms with Crippen molar-refractivity contribution in [3.63, 3.8) is 0 Å². The van der Waals surface area contributed by atoms with Crippen molar-refractivity contribution >= 4 is 11.9 Å². The first kappa shape index (κ1) is 67.3. The zero-order valence-corrected chi connectivity index (χ0v) is 46.6. The minimum absolute atomic E-state index is 0.00981. The Labute approximate surface area is 431 Å². The molecule has 0 rings (SSSR count). The minimum atomic E-state index is -0.862. The summed E-state index contributed by atoms with van der Waals surface area (Å²) in [6, 6.07) is -0.649. The quantitative estimate of drug-likeness (QED) is 0.0321. The number of esters is 1. The molecule has 1 amide bonds. The van der Waals surface area contributed by atoms with E-state index in [2.05, 4.69) is 31.3 Å². The lowest BCUT2D eigenvalue weighted by Crippen LogP contribution is -2.45. The average Bonchev–Trinajstić information content (AvgIpc) is 3.35. The first-order valence-corrected chi connectivity index (χ1v) is 31.1. The zero-order chi connectivity index (χ0) is 50.0. The minimum Gasteiger partial charge on any atom is -0.466 e. The molecule has 0 saturated heterocycles. The average molecular weight is 973 g/mol. The van der Waals surface area contributed by atoms with Crippen molar-refractivity contribution in [3.05, 3.63) is 24.3 Å². The van der Waals surface area contributed by atoms with Gasteiger partial charge < -0.3 is 20.3 Å². The molecule has 2 atom stereocenters. The summed E-state index contributed by atoms with van der Waals surface area (Å²) in [4.78, 5) is 24.6. The second kappa shape index (κ2) is 58.9. The topological polar surface area (TPSA) is 95.9 Å². The van der Waals surface area contributed by atoms with E-state index in [-0.39, 0.29) is 18.5 Å². The molecule has 0 spiro atoms. The highest BCUT2D eigenvalue weighted by Crippen LogP contribution is 2.18. The molecule has 0 aliphatic heterocycles. The van der Waals surface area contributed by atoms with E-state index in [1.54, 1.807) is 6.08 Å². The van der Waals surface area contributed by atoms with E-state index < -0.39 is 12.1 Å². The van der Waals surface area contributed by atoms with Crippen LogP contribution in [0.4, 0.5) is 0 Å². The maximum absolute atomic E-state index is 12.5. The molecule has 6 heteroatoms. The highest BCUT2D eigenvalue weighted by Gasteiger charge is 2.18. The molecule has 0 saturated carbocycles. The van der Waals surface area contributed by atoms with Crippen LogP contribution in [0.15, 0.2) is 24.3 Å². The number of unbranched alkanes of at least 4 members (excludes halogenated alkanes) is 45. The van der Waals surface area contributed by atoms with Crippen molar-refractivity contribution in [2.45, 2.75) is 353 Å². The van der Waals surface area contributed by atoms with Gasteiger partial charge in [0.25, 0.3) is 0 Å². The van der Waals surface area contributed by atoms with Crippen LogP contribution in [0.2, 0.25) is 0 Å². The summed E-state index contributed by atoms with van der Waals surface area (Å²) in [6.07, 6.45) is 72.1. The van der Waals surface area contributed by atoms with Gasteiger partial charge in [0.2, 0.25) is 5.91 Å². The van der Waals surface area contributed by atoms with Crippen molar-refractivity contribution in [2.24, 2.45) is 0 Å². The number of amides is 1. The largest absolute Gasteiger partial charge is 0.466 e. The van der Waals surface area contributed by atoms with Gasteiger partial charge in [-0.3, -0.25) is 9.59 Å². The highest BCUT2D eigenvalue weighted by molar-refractivity contribution is 5.76. The first-order chi connectivity index (χ1) is 34.0. The highest BCUT2D eigenvalue weighted by atomic mass is 16.5. The van der Waals surface area contributed by atoms with Crippen LogP contribution < -0.4 is 5.32 Å². The fraction of sp³-hybridized carbons (Fsp3) is 0.905. The van der Waals surface area contributed by atoms with Gasteiger partial charge in [0.15, 0.2) is 0 Å². The van der Waals surface area contributed by atoms with E-state index in [0.29, 0.717) is 19.4 Å². The molecule has 0 aromatic rings. The third kappa shape index (κ3) is 55.5. The fourth-order valence-electron chi connectivity index (χ4n) is 9.69. The van der Waals surface area contributed by atoms with Crippen molar-refractivity contribution in [2.75, 3.05) is 13.2 Å². The lowest BCUT2D eigenvalue weighted by molar-refractivity contribution is -0.143. The summed E-state index contributed by atoms with van der Waals surface area (Å²) in [6.45, 7) is 4.89. The van der Waals surface area contributed by atoms with Gasteiger partial charge in [0, 0.05) is 12.8 Å². The number of allylic oxidation sites excluding steroid dienone is 3. The molecule has 2 unspecified atom stereocenters. The number of carbonyl (C=O) groups excluding carboxylic acids is 2. The Kier molecular flexibility index (Phi) is 57.5. The molecule has 6 nitrogen and oxygen atoms in total. The molecule has 0 bridgehead atoms. The van der Waals surface area contributed by atoms with Crippen molar-refractivity contribution in [3.8, 4) is 0 Å². The van der Waals surface area contributed by atoms with E-state index in [1.165, 1.54) is 244 Å². The Morgan fingerprint density at radius 2 is 0.681 bits per heavy atom. The molecule has 0 radical (unpaired) electrons. The number of ether oxygens (including phenoxy) is 1. The Morgan fingerprint density at radius 3 is 1.04 bits per heavy atom. The molecule has 0 heterocycles. The molecule has 0 aromatic carbocycles. The summed E-state index contributed by atoms with van der Waals surface area (Å²) in [5.74, 6) is -0.104. The third-order valence-electron chi connectivity index (χ3n) is 14.5. The Morgan fingerprint density at radius 1 is 0.391 bits per heavy atom. The molecule has 0 fully saturated rings. The van der Waals surface area contributed by atoms with E-state index in [4.69, 9.17) is 4.74 Å². The molecular weight excluding hydrogens is 851 g/mol. The lowest BCUT2D eigenvalue weighted by atomic mass is 10.0. The smallest absolute Gasteiger partial charge is 0.305 e. The molecule has 0 aliphatic carbocycles. The molecule has 3 N–H and O–H groups in total. The standard InChI is InChI=1S/C63H121NO5/c1-3-5-7-9-11-13-15-17-19-21-22-23-24-25-26-27-28-31-35-39-43-47-51-55-61(66)60(59-65)64-62(67)56-52-48-44-40-36-32-30-34-38-42-46-50-54-58-69-63(68)57-53-49-45-41-37-33-29-20-18-16-14-12-10-8-6-4-2/h32,36,51,55,60-61,65-66H,3-31,33-35,37-50,52-54,56-59H2,1-2H3,(H,64,67)/b36-32-,55-51+. The number of hydrogen-bond acceptors (Lipinski definition) is 5. The second-order valence-corrected chi connectivity index (χ2v) is 21.4. The van der Waals surface area contributed by atoms with Crippen LogP contribution in [-0.2, 0) is 14.3 Å². The Bertz CT molecular complexity index is 1080. The number of carbonyl (C=O) groups is 2. The van der Waals surface area contributed by atoms with Crippen molar-refractivity contribution in [1.82, 2.24) is 5.32 Å². The van der Waals surface area contributed by atoms with Crippen LogP contribution in [0.1, 0.15) is 341 Å². The number of rotatable bonds is 58. The predicted octanol–water partition coefficient (Wildman–Crippen LogP) is 19.4. The lowest BCUT2D eigenvalue weighted by Gasteiger charge is -2.19. The summed E-state index contributed by atoms with van der Waals surface area (Å²) in [5, 5.41) is 23.2. The van der Waals surface area contributed by atoms with Gasteiger partial charge in [-0.15, -0.1) is 0 Å².